The van der Waals surface area contributed by atoms with Gasteiger partial charge in [0.1, 0.15) is 5.60 Å². The van der Waals surface area contributed by atoms with Crippen LogP contribution in [0.4, 0.5) is 0 Å². The summed E-state index contributed by atoms with van der Waals surface area (Å²) < 4.78 is 5.85. The van der Waals surface area contributed by atoms with Gasteiger partial charge >= 0.3 is 0 Å². The van der Waals surface area contributed by atoms with Crippen molar-refractivity contribution in [3.63, 3.8) is 0 Å². The Hall–Kier alpha value is -1.31. The van der Waals surface area contributed by atoms with E-state index in [0.717, 1.165) is 24.4 Å². The summed E-state index contributed by atoms with van der Waals surface area (Å²) in [4.78, 5) is 4.42. The molecule has 15 heavy (non-hydrogen) atoms. The van der Waals surface area contributed by atoms with Crippen molar-refractivity contribution in [2.45, 2.75) is 32.8 Å². The number of rotatable bonds is 1. The minimum absolute atomic E-state index is 0.0814. The van der Waals surface area contributed by atoms with Crippen molar-refractivity contribution in [2.75, 3.05) is 6.54 Å². The van der Waals surface area contributed by atoms with Gasteiger partial charge in [0.05, 0.1) is 0 Å². The molecule has 0 atom stereocenters. The third-order valence-corrected chi connectivity index (χ3v) is 2.64. The minimum Gasteiger partial charge on any atom is -0.471 e. The topological polar surface area (TPSA) is 21.6 Å². The zero-order valence-electron chi connectivity index (χ0n) is 9.58. The highest BCUT2D eigenvalue weighted by Crippen LogP contribution is 2.22. The molecule has 0 saturated carbocycles. The third kappa shape index (κ3) is 2.38. The van der Waals surface area contributed by atoms with Gasteiger partial charge in [0.15, 0.2) is 0 Å². The second-order valence-electron chi connectivity index (χ2n) is 4.66. The zero-order chi connectivity index (χ0) is 10.9. The Kier molecular flexibility index (Phi) is 2.51. The fourth-order valence-corrected chi connectivity index (χ4v) is 1.62. The SMILES string of the molecule is Cc1ccc(C2=NCCC(C)(C)O2)cc1. The molecule has 0 aliphatic carbocycles. The van der Waals surface area contributed by atoms with Crippen LogP contribution in [0, 0.1) is 6.92 Å². The lowest BCUT2D eigenvalue weighted by Gasteiger charge is -2.30. The van der Waals surface area contributed by atoms with Gasteiger partial charge in [-0.1, -0.05) is 17.7 Å². The van der Waals surface area contributed by atoms with Crippen LogP contribution in [0.3, 0.4) is 0 Å². The lowest BCUT2D eigenvalue weighted by atomic mass is 10.0. The molecule has 1 heterocycles. The lowest BCUT2D eigenvalue weighted by Crippen LogP contribution is -2.33. The predicted octanol–water partition coefficient (Wildman–Crippen LogP) is 2.94. The molecule has 0 unspecified atom stereocenters. The van der Waals surface area contributed by atoms with Gasteiger partial charge in [0.25, 0.3) is 0 Å². The Bertz CT molecular complexity index is 376. The minimum atomic E-state index is -0.0814. The summed E-state index contributed by atoms with van der Waals surface area (Å²) in [5.74, 6) is 0.784. The van der Waals surface area contributed by atoms with E-state index < -0.39 is 0 Å². The van der Waals surface area contributed by atoms with E-state index in [9.17, 15) is 0 Å². The summed E-state index contributed by atoms with van der Waals surface area (Å²) in [6, 6.07) is 8.30. The standard InChI is InChI=1S/C13H17NO/c1-10-4-6-11(7-5-10)12-14-9-8-13(2,3)15-12/h4-7H,8-9H2,1-3H3. The normalized spacial score (nSPS) is 19.3. The summed E-state index contributed by atoms with van der Waals surface area (Å²) in [7, 11) is 0. The van der Waals surface area contributed by atoms with E-state index in [1.165, 1.54) is 5.56 Å². The molecule has 1 aliphatic heterocycles. The highest BCUT2D eigenvalue weighted by molar-refractivity contribution is 5.94. The van der Waals surface area contributed by atoms with E-state index in [1.54, 1.807) is 0 Å². The first-order valence-corrected chi connectivity index (χ1v) is 5.37. The van der Waals surface area contributed by atoms with Crippen LogP contribution < -0.4 is 0 Å². The van der Waals surface area contributed by atoms with Gasteiger partial charge in [0.2, 0.25) is 5.90 Å². The van der Waals surface area contributed by atoms with Crippen molar-refractivity contribution in [2.24, 2.45) is 4.99 Å². The van der Waals surface area contributed by atoms with E-state index in [4.69, 9.17) is 4.74 Å². The predicted molar refractivity (Wildman–Crippen MR) is 62.4 cm³/mol. The van der Waals surface area contributed by atoms with Crippen molar-refractivity contribution in [3.8, 4) is 0 Å². The van der Waals surface area contributed by atoms with Gasteiger partial charge in [-0.25, -0.2) is 0 Å². The van der Waals surface area contributed by atoms with Crippen LogP contribution in [0.2, 0.25) is 0 Å². The molecular formula is C13H17NO. The van der Waals surface area contributed by atoms with Crippen molar-refractivity contribution >= 4 is 5.90 Å². The average molecular weight is 203 g/mol. The Labute approximate surface area is 91.0 Å². The van der Waals surface area contributed by atoms with Crippen LogP contribution in [0.15, 0.2) is 29.3 Å². The maximum atomic E-state index is 5.85. The van der Waals surface area contributed by atoms with Gasteiger partial charge in [-0.15, -0.1) is 0 Å². The highest BCUT2D eigenvalue weighted by atomic mass is 16.5. The van der Waals surface area contributed by atoms with Crippen LogP contribution in [0.1, 0.15) is 31.4 Å². The van der Waals surface area contributed by atoms with Crippen LogP contribution in [0.25, 0.3) is 0 Å². The van der Waals surface area contributed by atoms with Crippen molar-refractivity contribution in [3.05, 3.63) is 35.4 Å². The van der Waals surface area contributed by atoms with E-state index in [-0.39, 0.29) is 5.60 Å². The molecule has 0 spiro atoms. The Balaban J connectivity index is 2.24. The number of hydrogen-bond acceptors (Lipinski definition) is 2. The third-order valence-electron chi connectivity index (χ3n) is 2.64. The van der Waals surface area contributed by atoms with Crippen LogP contribution in [-0.4, -0.2) is 18.0 Å². The summed E-state index contributed by atoms with van der Waals surface area (Å²) >= 11 is 0. The van der Waals surface area contributed by atoms with Gasteiger partial charge < -0.3 is 4.74 Å². The van der Waals surface area contributed by atoms with Crippen molar-refractivity contribution < 1.29 is 4.74 Å². The molecule has 0 fully saturated rings. The van der Waals surface area contributed by atoms with E-state index in [2.05, 4.69) is 50.0 Å². The maximum Gasteiger partial charge on any atom is 0.216 e. The monoisotopic (exact) mass is 203 g/mol. The summed E-state index contributed by atoms with van der Waals surface area (Å²) in [5.41, 5.74) is 2.25. The van der Waals surface area contributed by atoms with Crippen molar-refractivity contribution in [1.82, 2.24) is 0 Å². The molecule has 0 aromatic heterocycles. The Morgan fingerprint density at radius 2 is 1.87 bits per heavy atom. The van der Waals surface area contributed by atoms with Gasteiger partial charge in [-0.05, 0) is 32.9 Å². The largest absolute Gasteiger partial charge is 0.471 e. The summed E-state index contributed by atoms with van der Waals surface area (Å²) in [5, 5.41) is 0. The molecule has 0 saturated heterocycles. The van der Waals surface area contributed by atoms with E-state index in [0.29, 0.717) is 0 Å². The molecule has 2 nitrogen and oxygen atoms in total. The fraction of sp³-hybridized carbons (Fsp3) is 0.462. The molecule has 2 heteroatoms. The van der Waals surface area contributed by atoms with E-state index >= 15 is 0 Å². The molecule has 2 rings (SSSR count). The Morgan fingerprint density at radius 3 is 2.47 bits per heavy atom. The zero-order valence-corrected chi connectivity index (χ0v) is 9.58. The van der Waals surface area contributed by atoms with Crippen LogP contribution in [-0.2, 0) is 4.74 Å². The lowest BCUT2D eigenvalue weighted by molar-refractivity contribution is 0.0776. The second-order valence-corrected chi connectivity index (χ2v) is 4.66. The van der Waals surface area contributed by atoms with Crippen LogP contribution in [0.5, 0.6) is 0 Å². The van der Waals surface area contributed by atoms with Gasteiger partial charge in [-0.2, -0.15) is 0 Å². The van der Waals surface area contributed by atoms with Gasteiger partial charge in [-0.3, -0.25) is 4.99 Å². The van der Waals surface area contributed by atoms with Crippen molar-refractivity contribution in [1.29, 1.82) is 0 Å². The Morgan fingerprint density at radius 1 is 1.20 bits per heavy atom. The average Bonchev–Trinajstić information content (AvgIpc) is 2.17. The first kappa shape index (κ1) is 10.2. The fourth-order valence-electron chi connectivity index (χ4n) is 1.62. The first-order valence-electron chi connectivity index (χ1n) is 5.37. The molecule has 0 radical (unpaired) electrons. The van der Waals surface area contributed by atoms with Gasteiger partial charge in [0, 0.05) is 18.5 Å². The smallest absolute Gasteiger partial charge is 0.216 e. The number of aryl methyl sites for hydroxylation is 1. The molecule has 0 amide bonds. The molecule has 1 aliphatic rings. The molecule has 80 valence electrons. The van der Waals surface area contributed by atoms with E-state index in [1.807, 2.05) is 0 Å². The number of nitrogens with zero attached hydrogens (tertiary/aromatic N) is 1. The maximum absolute atomic E-state index is 5.85. The highest BCUT2D eigenvalue weighted by Gasteiger charge is 2.25. The van der Waals surface area contributed by atoms with Crippen LogP contribution >= 0.6 is 0 Å². The number of aliphatic imine (C=N–C) groups is 1. The quantitative estimate of drug-likeness (QED) is 0.687. The molecule has 1 aromatic carbocycles. The molecular weight excluding hydrogens is 186 g/mol. The number of hydrogen-bond donors (Lipinski definition) is 0. The second kappa shape index (κ2) is 3.69. The summed E-state index contributed by atoms with van der Waals surface area (Å²) in [6.07, 6.45) is 0.988. The molecule has 0 N–H and O–H groups in total. The summed E-state index contributed by atoms with van der Waals surface area (Å²) in [6.45, 7) is 7.15. The molecule has 1 aromatic rings. The molecule has 0 bridgehead atoms. The number of benzene rings is 1. The number of ether oxygens (including phenoxy) is 1. The first-order chi connectivity index (χ1) is 7.07.